The van der Waals surface area contributed by atoms with Gasteiger partial charge >= 0.3 is 5.69 Å². The highest BCUT2D eigenvalue weighted by Crippen LogP contribution is 2.20. The van der Waals surface area contributed by atoms with E-state index in [2.05, 4.69) is 28.7 Å². The third-order valence-electron chi connectivity index (χ3n) is 4.16. The van der Waals surface area contributed by atoms with Gasteiger partial charge in [-0.1, -0.05) is 0 Å². The number of hydrogen-bond donors (Lipinski definition) is 0. The lowest BCUT2D eigenvalue weighted by atomic mass is 10.2. The summed E-state index contributed by atoms with van der Waals surface area (Å²) in [6, 6.07) is 5.78. The van der Waals surface area contributed by atoms with Gasteiger partial charge in [-0.2, -0.15) is 0 Å². The summed E-state index contributed by atoms with van der Waals surface area (Å²) >= 11 is 0. The molecule has 0 amide bonds. The molecule has 0 radical (unpaired) electrons. The molecule has 0 saturated carbocycles. The van der Waals surface area contributed by atoms with Gasteiger partial charge < -0.3 is 4.90 Å². The highest BCUT2D eigenvalue weighted by atomic mass is 16.2. The number of anilines is 1. The van der Waals surface area contributed by atoms with Crippen molar-refractivity contribution in [1.29, 1.82) is 0 Å². The smallest absolute Gasteiger partial charge is 0.332 e. The van der Waals surface area contributed by atoms with Gasteiger partial charge in [0.05, 0.1) is 11.0 Å². The van der Waals surface area contributed by atoms with Crippen molar-refractivity contribution in [3.63, 3.8) is 0 Å². The Hall–Kier alpha value is -2.70. The number of aryl methyl sites for hydroxylation is 1. The van der Waals surface area contributed by atoms with Crippen LogP contribution in [0.2, 0.25) is 0 Å². The Morgan fingerprint density at radius 1 is 1.00 bits per heavy atom. The number of rotatable bonds is 3. The fourth-order valence-corrected chi connectivity index (χ4v) is 2.76. The summed E-state index contributed by atoms with van der Waals surface area (Å²) < 4.78 is 2.40. The third-order valence-corrected chi connectivity index (χ3v) is 4.16. The molecule has 0 aliphatic heterocycles. The first kappa shape index (κ1) is 15.2. The monoisotopic (exact) mass is 313 g/mol. The molecule has 23 heavy (non-hydrogen) atoms. The van der Waals surface area contributed by atoms with E-state index in [9.17, 15) is 9.59 Å². The van der Waals surface area contributed by atoms with Crippen molar-refractivity contribution in [3.05, 3.63) is 39.0 Å². The lowest BCUT2D eigenvalue weighted by molar-refractivity contribution is 0.706. The summed E-state index contributed by atoms with van der Waals surface area (Å²) in [7, 11) is 3.04. The van der Waals surface area contributed by atoms with Crippen molar-refractivity contribution in [2.45, 2.75) is 13.8 Å². The maximum Gasteiger partial charge on any atom is 0.332 e. The van der Waals surface area contributed by atoms with Gasteiger partial charge in [0, 0.05) is 32.9 Å². The first-order chi connectivity index (χ1) is 11.0. The molecule has 7 heteroatoms. The zero-order valence-electron chi connectivity index (χ0n) is 13.7. The topological polar surface area (TPSA) is 73.0 Å². The van der Waals surface area contributed by atoms with Crippen molar-refractivity contribution in [2.75, 3.05) is 18.0 Å². The summed E-state index contributed by atoms with van der Waals surface area (Å²) in [6.45, 7) is 5.96. The van der Waals surface area contributed by atoms with Crippen molar-refractivity contribution in [3.8, 4) is 0 Å². The van der Waals surface area contributed by atoms with Gasteiger partial charge in [-0.25, -0.2) is 14.8 Å². The van der Waals surface area contributed by atoms with E-state index in [0.717, 1.165) is 23.3 Å². The second-order valence-corrected chi connectivity index (χ2v) is 5.45. The third kappa shape index (κ3) is 2.28. The maximum absolute atomic E-state index is 12.3. The molecule has 0 aliphatic rings. The molecule has 2 heterocycles. The average molecular weight is 313 g/mol. The minimum Gasteiger partial charge on any atom is -0.372 e. The molecule has 0 N–H and O–H groups in total. The predicted molar refractivity (Wildman–Crippen MR) is 91.1 cm³/mol. The van der Waals surface area contributed by atoms with Gasteiger partial charge in [0.1, 0.15) is 0 Å². The van der Waals surface area contributed by atoms with Gasteiger partial charge in [0.25, 0.3) is 5.56 Å². The number of nitrogens with zero attached hydrogens (tertiary/aromatic N) is 5. The van der Waals surface area contributed by atoms with Crippen LogP contribution in [-0.2, 0) is 14.1 Å². The molecule has 0 aliphatic carbocycles. The van der Waals surface area contributed by atoms with E-state index in [-0.39, 0.29) is 5.52 Å². The normalized spacial score (nSPS) is 11.3. The first-order valence-corrected chi connectivity index (χ1v) is 7.60. The van der Waals surface area contributed by atoms with Crippen LogP contribution in [0, 0.1) is 0 Å². The summed E-state index contributed by atoms with van der Waals surface area (Å²) in [6.07, 6.45) is 0. The van der Waals surface area contributed by atoms with E-state index in [1.165, 1.54) is 11.6 Å². The van der Waals surface area contributed by atoms with Crippen LogP contribution >= 0.6 is 0 Å². The van der Waals surface area contributed by atoms with Gasteiger partial charge in [-0.3, -0.25) is 13.9 Å². The molecule has 2 aromatic heterocycles. The summed E-state index contributed by atoms with van der Waals surface area (Å²) in [5.74, 6) is 0. The van der Waals surface area contributed by atoms with E-state index < -0.39 is 11.2 Å². The predicted octanol–water partition coefficient (Wildman–Crippen LogP) is 1.03. The number of fused-ring (bicyclic) bond motifs is 2. The van der Waals surface area contributed by atoms with Crippen molar-refractivity contribution in [1.82, 2.24) is 19.1 Å². The van der Waals surface area contributed by atoms with Gasteiger partial charge in [-0.05, 0) is 32.0 Å². The number of hydrogen-bond acceptors (Lipinski definition) is 5. The van der Waals surface area contributed by atoms with Crippen LogP contribution in [0.1, 0.15) is 13.8 Å². The summed E-state index contributed by atoms with van der Waals surface area (Å²) in [5.41, 5.74) is 2.04. The van der Waals surface area contributed by atoms with E-state index >= 15 is 0 Å². The second kappa shape index (κ2) is 5.49. The van der Waals surface area contributed by atoms with Crippen molar-refractivity contribution >= 4 is 27.9 Å². The van der Waals surface area contributed by atoms with Crippen LogP contribution in [0.25, 0.3) is 22.2 Å². The Kier molecular flexibility index (Phi) is 3.63. The molecule has 3 rings (SSSR count). The van der Waals surface area contributed by atoms with Gasteiger partial charge in [0.15, 0.2) is 11.2 Å². The molecule has 0 fully saturated rings. The fraction of sp³-hybridized carbons (Fsp3) is 0.375. The minimum absolute atomic E-state index is 0.206. The largest absolute Gasteiger partial charge is 0.372 e. The molecule has 0 saturated heterocycles. The van der Waals surface area contributed by atoms with Crippen LogP contribution in [0.5, 0.6) is 0 Å². The zero-order chi connectivity index (χ0) is 16.7. The molecule has 0 atom stereocenters. The van der Waals surface area contributed by atoms with Crippen LogP contribution in [0.3, 0.4) is 0 Å². The Balaban J connectivity index is 2.37. The second-order valence-electron chi connectivity index (χ2n) is 5.45. The lowest BCUT2D eigenvalue weighted by Gasteiger charge is -2.21. The molecule has 7 nitrogen and oxygen atoms in total. The van der Waals surface area contributed by atoms with E-state index in [4.69, 9.17) is 0 Å². The Morgan fingerprint density at radius 3 is 2.35 bits per heavy atom. The van der Waals surface area contributed by atoms with E-state index in [1.54, 1.807) is 7.05 Å². The molecule has 0 spiro atoms. The molecule has 0 bridgehead atoms. The summed E-state index contributed by atoms with van der Waals surface area (Å²) in [5, 5.41) is 0. The Bertz CT molecular complexity index is 1010. The standard InChI is InChI=1S/C16H19N5O2/c1-5-21(6-2)10-7-8-11-12(9-10)18-14-13(17-11)15(22)20(4)16(23)19(14)3/h7-9H,5-6H2,1-4H3. The van der Waals surface area contributed by atoms with E-state index in [1.807, 2.05) is 18.2 Å². The molecule has 120 valence electrons. The molecular formula is C16H19N5O2. The maximum atomic E-state index is 12.3. The summed E-state index contributed by atoms with van der Waals surface area (Å²) in [4.78, 5) is 35.4. The molecule has 1 aromatic carbocycles. The average Bonchev–Trinajstić information content (AvgIpc) is 2.57. The highest BCUT2D eigenvalue weighted by Gasteiger charge is 2.13. The van der Waals surface area contributed by atoms with Crippen LogP contribution in [0.4, 0.5) is 5.69 Å². The van der Waals surface area contributed by atoms with Gasteiger partial charge in [-0.15, -0.1) is 0 Å². The van der Waals surface area contributed by atoms with E-state index in [0.29, 0.717) is 16.7 Å². The molecule has 3 aromatic rings. The number of benzene rings is 1. The quantitative estimate of drug-likeness (QED) is 0.675. The molecular weight excluding hydrogens is 294 g/mol. The van der Waals surface area contributed by atoms with Crippen LogP contribution < -0.4 is 16.1 Å². The fourth-order valence-electron chi connectivity index (χ4n) is 2.76. The van der Waals surface area contributed by atoms with Crippen LogP contribution in [0.15, 0.2) is 27.8 Å². The Morgan fingerprint density at radius 2 is 1.70 bits per heavy atom. The highest BCUT2D eigenvalue weighted by molar-refractivity contribution is 5.86. The zero-order valence-corrected chi connectivity index (χ0v) is 13.7. The minimum atomic E-state index is -0.426. The SMILES string of the molecule is CCN(CC)c1ccc2nc3c(=O)n(C)c(=O)n(C)c3nc2c1. The molecule has 0 unspecified atom stereocenters. The Labute approximate surface area is 132 Å². The van der Waals surface area contributed by atoms with Crippen LogP contribution in [-0.4, -0.2) is 32.2 Å². The first-order valence-electron chi connectivity index (χ1n) is 7.60. The van der Waals surface area contributed by atoms with Gasteiger partial charge in [0.2, 0.25) is 0 Å². The van der Waals surface area contributed by atoms with Crippen molar-refractivity contribution in [2.24, 2.45) is 14.1 Å². The van der Waals surface area contributed by atoms with Crippen molar-refractivity contribution < 1.29 is 0 Å². The lowest BCUT2D eigenvalue weighted by Crippen LogP contribution is -2.37. The number of aromatic nitrogens is 4.